The lowest BCUT2D eigenvalue weighted by atomic mass is 9.98. The molecule has 2 atom stereocenters. The molecule has 2 rings (SSSR count). The van der Waals surface area contributed by atoms with Crippen LogP contribution >= 0.6 is 27.7 Å². The van der Waals surface area contributed by atoms with Gasteiger partial charge in [0, 0.05) is 22.1 Å². The number of aliphatic hydroxyl groups is 1. The average molecular weight is 319 g/mol. The first-order valence-electron chi connectivity index (χ1n) is 5.33. The van der Waals surface area contributed by atoms with Crippen LogP contribution in [-0.2, 0) is 5.75 Å². The van der Waals surface area contributed by atoms with Crippen molar-refractivity contribution in [3.8, 4) is 11.5 Å². The highest BCUT2D eigenvalue weighted by molar-refractivity contribution is 9.10. The molecule has 0 saturated carbocycles. The normalized spacial score (nSPS) is 23.1. The first kappa shape index (κ1) is 13.1. The minimum atomic E-state index is -0.523. The van der Waals surface area contributed by atoms with Crippen LogP contribution in [-0.4, -0.2) is 24.6 Å². The van der Waals surface area contributed by atoms with E-state index in [-0.39, 0.29) is 5.25 Å². The van der Waals surface area contributed by atoms with E-state index in [0.29, 0.717) is 5.75 Å². The highest BCUT2D eigenvalue weighted by Crippen LogP contribution is 2.48. The van der Waals surface area contributed by atoms with Crippen LogP contribution < -0.4 is 9.47 Å². The summed E-state index contributed by atoms with van der Waals surface area (Å²) in [6.07, 6.45) is -0.523. The molecule has 5 heteroatoms. The van der Waals surface area contributed by atoms with Crippen molar-refractivity contribution >= 4 is 27.7 Å². The zero-order valence-electron chi connectivity index (χ0n) is 9.99. The number of methoxy groups -OCH3 is 2. The Morgan fingerprint density at radius 1 is 1.41 bits per heavy atom. The lowest BCUT2D eigenvalue weighted by molar-refractivity contribution is 0.171. The van der Waals surface area contributed by atoms with Crippen LogP contribution in [0.4, 0.5) is 0 Å². The summed E-state index contributed by atoms with van der Waals surface area (Å²) in [4.78, 5) is 0. The van der Waals surface area contributed by atoms with E-state index in [0.717, 1.165) is 27.1 Å². The lowest BCUT2D eigenvalue weighted by Gasteiger charge is -2.30. The maximum Gasteiger partial charge on any atom is 0.139 e. The number of rotatable bonds is 2. The van der Waals surface area contributed by atoms with Crippen molar-refractivity contribution in [1.29, 1.82) is 0 Å². The molecule has 1 aromatic carbocycles. The van der Waals surface area contributed by atoms with Gasteiger partial charge in [-0.15, -0.1) is 0 Å². The van der Waals surface area contributed by atoms with Gasteiger partial charge in [0.05, 0.1) is 24.8 Å². The van der Waals surface area contributed by atoms with Gasteiger partial charge in [-0.1, -0.05) is 6.92 Å². The third-order valence-electron chi connectivity index (χ3n) is 3.00. The van der Waals surface area contributed by atoms with E-state index in [9.17, 15) is 5.11 Å². The van der Waals surface area contributed by atoms with Gasteiger partial charge in [-0.25, -0.2) is 0 Å². The fraction of sp³-hybridized carbons (Fsp3) is 0.500. The standard InChI is InChI=1S/C12H15BrO3S/c1-6-11(14)10-7(5-17-6)9(15-2)4-8(13)12(10)16-3/h4,6,11,14H,5H2,1-3H3. The minimum absolute atomic E-state index is 0.162. The summed E-state index contributed by atoms with van der Waals surface area (Å²) in [6.45, 7) is 2.02. The maximum absolute atomic E-state index is 10.3. The minimum Gasteiger partial charge on any atom is -0.496 e. The van der Waals surface area contributed by atoms with E-state index in [4.69, 9.17) is 9.47 Å². The second-order valence-electron chi connectivity index (χ2n) is 3.95. The van der Waals surface area contributed by atoms with Gasteiger partial charge in [-0.05, 0) is 22.0 Å². The summed E-state index contributed by atoms with van der Waals surface area (Å²) in [5, 5.41) is 10.5. The molecule has 0 saturated heterocycles. The van der Waals surface area contributed by atoms with E-state index in [1.54, 1.807) is 26.0 Å². The van der Waals surface area contributed by atoms with Crippen molar-refractivity contribution in [3.63, 3.8) is 0 Å². The van der Waals surface area contributed by atoms with Crippen LogP contribution in [0, 0.1) is 0 Å². The Kier molecular flexibility index (Phi) is 3.90. The fourth-order valence-electron chi connectivity index (χ4n) is 2.06. The summed E-state index contributed by atoms with van der Waals surface area (Å²) in [6, 6.07) is 1.89. The molecule has 0 bridgehead atoms. The molecule has 0 fully saturated rings. The molecule has 0 radical (unpaired) electrons. The molecule has 0 spiro atoms. The second-order valence-corrected chi connectivity index (χ2v) is 6.17. The van der Waals surface area contributed by atoms with E-state index >= 15 is 0 Å². The SMILES string of the molecule is COc1cc(Br)c(OC)c2c1CSC(C)C2O. The van der Waals surface area contributed by atoms with Crippen LogP contribution in [0.15, 0.2) is 10.5 Å². The van der Waals surface area contributed by atoms with Crippen LogP contribution in [0.1, 0.15) is 24.2 Å². The molecule has 1 aliphatic rings. The molecule has 0 aliphatic carbocycles. The molecule has 1 aromatic rings. The van der Waals surface area contributed by atoms with Gasteiger partial charge in [0.1, 0.15) is 11.5 Å². The van der Waals surface area contributed by atoms with Crippen molar-refractivity contribution in [2.24, 2.45) is 0 Å². The monoisotopic (exact) mass is 318 g/mol. The molecule has 1 aliphatic heterocycles. The zero-order valence-corrected chi connectivity index (χ0v) is 12.4. The van der Waals surface area contributed by atoms with E-state index in [1.807, 2.05) is 13.0 Å². The molecule has 0 amide bonds. The van der Waals surface area contributed by atoms with Crippen molar-refractivity contribution in [2.75, 3.05) is 14.2 Å². The summed E-state index contributed by atoms with van der Waals surface area (Å²) < 4.78 is 11.6. The Morgan fingerprint density at radius 3 is 2.71 bits per heavy atom. The fourth-order valence-corrected chi connectivity index (χ4v) is 3.69. The smallest absolute Gasteiger partial charge is 0.139 e. The largest absolute Gasteiger partial charge is 0.496 e. The Hall–Kier alpha value is -0.390. The number of ether oxygens (including phenoxy) is 2. The summed E-state index contributed by atoms with van der Waals surface area (Å²) in [5.41, 5.74) is 1.88. The second kappa shape index (κ2) is 5.08. The average Bonchev–Trinajstić information content (AvgIpc) is 2.33. The van der Waals surface area contributed by atoms with Crippen molar-refractivity contribution in [2.45, 2.75) is 24.0 Å². The number of hydrogen-bond donors (Lipinski definition) is 1. The molecule has 17 heavy (non-hydrogen) atoms. The van der Waals surface area contributed by atoms with Gasteiger partial charge in [0.25, 0.3) is 0 Å². The van der Waals surface area contributed by atoms with Crippen LogP contribution in [0.5, 0.6) is 11.5 Å². The molecule has 3 nitrogen and oxygen atoms in total. The molecule has 94 valence electrons. The van der Waals surface area contributed by atoms with Crippen LogP contribution in [0.25, 0.3) is 0 Å². The van der Waals surface area contributed by atoms with Crippen LogP contribution in [0.2, 0.25) is 0 Å². The Morgan fingerprint density at radius 2 is 2.12 bits per heavy atom. The highest BCUT2D eigenvalue weighted by Gasteiger charge is 2.32. The highest BCUT2D eigenvalue weighted by atomic mass is 79.9. The predicted molar refractivity (Wildman–Crippen MR) is 73.0 cm³/mol. The van der Waals surface area contributed by atoms with Crippen molar-refractivity contribution in [3.05, 3.63) is 21.7 Å². The quantitative estimate of drug-likeness (QED) is 0.909. The topological polar surface area (TPSA) is 38.7 Å². The lowest BCUT2D eigenvalue weighted by Crippen LogP contribution is -2.20. The summed E-state index contributed by atoms with van der Waals surface area (Å²) in [7, 11) is 3.26. The van der Waals surface area contributed by atoms with Crippen molar-refractivity contribution < 1.29 is 14.6 Å². The third kappa shape index (κ3) is 2.16. The number of fused-ring (bicyclic) bond motifs is 1. The molecule has 1 heterocycles. The van der Waals surface area contributed by atoms with Gasteiger partial charge >= 0.3 is 0 Å². The molecular formula is C12H15BrO3S. The number of thioether (sulfide) groups is 1. The number of halogens is 1. The van der Waals surface area contributed by atoms with Gasteiger partial charge in [-0.2, -0.15) is 11.8 Å². The van der Waals surface area contributed by atoms with Crippen LogP contribution in [0.3, 0.4) is 0 Å². The van der Waals surface area contributed by atoms with E-state index in [2.05, 4.69) is 15.9 Å². The van der Waals surface area contributed by atoms with Gasteiger partial charge in [0.15, 0.2) is 0 Å². The van der Waals surface area contributed by atoms with E-state index in [1.165, 1.54) is 0 Å². The molecular weight excluding hydrogens is 304 g/mol. The van der Waals surface area contributed by atoms with Crippen molar-refractivity contribution in [1.82, 2.24) is 0 Å². The Bertz CT molecular complexity index is 436. The third-order valence-corrected chi connectivity index (χ3v) is 4.82. The summed E-state index contributed by atoms with van der Waals surface area (Å²) in [5.74, 6) is 2.34. The Balaban J connectivity index is 2.66. The Labute approximate surface area is 114 Å². The number of hydrogen-bond acceptors (Lipinski definition) is 4. The zero-order chi connectivity index (χ0) is 12.6. The van der Waals surface area contributed by atoms with Gasteiger partial charge < -0.3 is 14.6 Å². The number of aliphatic hydroxyl groups excluding tert-OH is 1. The van der Waals surface area contributed by atoms with E-state index < -0.39 is 6.10 Å². The maximum atomic E-state index is 10.3. The van der Waals surface area contributed by atoms with Gasteiger partial charge in [0.2, 0.25) is 0 Å². The van der Waals surface area contributed by atoms with Gasteiger partial charge in [-0.3, -0.25) is 0 Å². The predicted octanol–water partition coefficient (Wildman–Crippen LogP) is 3.14. The summed E-state index contributed by atoms with van der Waals surface area (Å²) >= 11 is 5.17. The first-order chi connectivity index (χ1) is 8.10. The molecule has 0 aromatic heterocycles. The first-order valence-corrected chi connectivity index (χ1v) is 7.17. The number of benzene rings is 1. The molecule has 2 unspecified atom stereocenters. The molecule has 1 N–H and O–H groups in total.